The van der Waals surface area contributed by atoms with Gasteiger partial charge in [0.05, 0.1) is 40.1 Å². The zero-order valence-corrected chi connectivity index (χ0v) is 21.3. The van der Waals surface area contributed by atoms with Crippen molar-refractivity contribution in [3.8, 4) is 11.5 Å². The predicted octanol–water partition coefficient (Wildman–Crippen LogP) is 3.37. The van der Waals surface area contributed by atoms with Gasteiger partial charge in [-0.15, -0.1) is 0 Å². The summed E-state index contributed by atoms with van der Waals surface area (Å²) in [6.45, 7) is 2.33. The smallest absolute Gasteiger partial charge is 0.319 e. The molecule has 2 aliphatic carbocycles. The fraction of sp³-hybridized carbons (Fsp3) is 0.552. The molecule has 6 rings (SSSR count). The van der Waals surface area contributed by atoms with Crippen molar-refractivity contribution in [2.45, 2.75) is 49.5 Å². The van der Waals surface area contributed by atoms with Crippen molar-refractivity contribution < 1.29 is 28.5 Å². The zero-order chi connectivity index (χ0) is 24.9. The lowest BCUT2D eigenvalue weighted by Gasteiger charge is -2.60. The van der Waals surface area contributed by atoms with Crippen LogP contribution in [0, 0.1) is 11.8 Å². The van der Waals surface area contributed by atoms with E-state index < -0.39 is 0 Å². The summed E-state index contributed by atoms with van der Waals surface area (Å²) in [5.74, 6) is 2.01. The standard InChI is InChI=1S/C29H35NO6/c1-32-23-10-9-19-14-22-21-13-20(17-35-16-18-7-5-4-6-8-18)26(34-3)28-29(21,25(19)27(23)36-28)11-12-30(22)15-24(31)33-2/h4-10,20-22,26,28H,11-17H2,1-3H3. The average Bonchev–Trinajstić information content (AvgIpc) is 3.25. The Balaban J connectivity index is 1.35. The summed E-state index contributed by atoms with van der Waals surface area (Å²) >= 11 is 0. The second-order valence-corrected chi connectivity index (χ2v) is 10.6. The lowest BCUT2D eigenvalue weighted by Crippen LogP contribution is -2.69. The molecule has 2 aliphatic heterocycles. The zero-order valence-electron chi connectivity index (χ0n) is 21.3. The van der Waals surface area contributed by atoms with Crippen LogP contribution in [0.15, 0.2) is 42.5 Å². The van der Waals surface area contributed by atoms with Crippen LogP contribution in [-0.2, 0) is 37.4 Å². The highest BCUT2D eigenvalue weighted by Crippen LogP contribution is 2.65. The number of hydrogen-bond acceptors (Lipinski definition) is 7. The van der Waals surface area contributed by atoms with E-state index in [-0.39, 0.29) is 35.6 Å². The van der Waals surface area contributed by atoms with E-state index >= 15 is 0 Å². The summed E-state index contributed by atoms with van der Waals surface area (Å²) in [7, 11) is 4.97. The van der Waals surface area contributed by atoms with Gasteiger partial charge in [0.1, 0.15) is 6.10 Å². The molecule has 2 heterocycles. The highest BCUT2D eigenvalue weighted by Gasteiger charge is 2.67. The van der Waals surface area contributed by atoms with Crippen molar-refractivity contribution in [2.75, 3.05) is 41.0 Å². The molecule has 0 radical (unpaired) electrons. The van der Waals surface area contributed by atoms with Crippen LogP contribution in [0.2, 0.25) is 0 Å². The Morgan fingerprint density at radius 2 is 1.97 bits per heavy atom. The molecular formula is C29H35NO6. The van der Waals surface area contributed by atoms with E-state index in [0.717, 1.165) is 42.9 Å². The van der Waals surface area contributed by atoms with Gasteiger partial charge in [0.25, 0.3) is 0 Å². The summed E-state index contributed by atoms with van der Waals surface area (Å²) in [5.41, 5.74) is 3.64. The number of likely N-dealkylation sites (tertiary alicyclic amines) is 1. The van der Waals surface area contributed by atoms with E-state index in [1.165, 1.54) is 18.2 Å². The summed E-state index contributed by atoms with van der Waals surface area (Å²) in [5, 5.41) is 0. The lowest BCUT2D eigenvalue weighted by molar-refractivity contribution is -0.160. The maximum atomic E-state index is 12.3. The van der Waals surface area contributed by atoms with Gasteiger partial charge in [-0.25, -0.2) is 0 Å². The topological polar surface area (TPSA) is 66.5 Å². The summed E-state index contributed by atoms with van der Waals surface area (Å²) in [6.07, 6.45) is 2.57. The maximum absolute atomic E-state index is 12.3. The van der Waals surface area contributed by atoms with Gasteiger partial charge in [-0.05, 0) is 42.4 Å². The molecule has 1 spiro atoms. The van der Waals surface area contributed by atoms with Gasteiger partial charge in [-0.2, -0.15) is 0 Å². The van der Waals surface area contributed by atoms with Crippen LogP contribution in [0.1, 0.15) is 29.5 Å². The molecule has 0 aromatic heterocycles. The van der Waals surface area contributed by atoms with Gasteiger partial charge >= 0.3 is 5.97 Å². The third kappa shape index (κ3) is 3.55. The van der Waals surface area contributed by atoms with Gasteiger partial charge in [0, 0.05) is 36.6 Å². The first-order valence-electron chi connectivity index (χ1n) is 12.9. The van der Waals surface area contributed by atoms with Crippen molar-refractivity contribution in [2.24, 2.45) is 11.8 Å². The minimum Gasteiger partial charge on any atom is -0.493 e. The van der Waals surface area contributed by atoms with Crippen LogP contribution in [0.3, 0.4) is 0 Å². The molecule has 2 fully saturated rings. The molecule has 6 atom stereocenters. The number of methoxy groups -OCH3 is 3. The second-order valence-electron chi connectivity index (χ2n) is 10.6. The highest BCUT2D eigenvalue weighted by atomic mass is 16.6. The number of carbonyl (C=O) groups excluding carboxylic acids is 1. The number of piperidine rings is 1. The summed E-state index contributed by atoms with van der Waals surface area (Å²) in [4.78, 5) is 14.6. The van der Waals surface area contributed by atoms with Gasteiger partial charge in [-0.1, -0.05) is 36.4 Å². The summed E-state index contributed by atoms with van der Waals surface area (Å²) < 4.78 is 30.1. The Labute approximate surface area is 212 Å². The number of hydrogen-bond donors (Lipinski definition) is 0. The first-order chi connectivity index (χ1) is 17.6. The maximum Gasteiger partial charge on any atom is 0.319 e. The van der Waals surface area contributed by atoms with Gasteiger partial charge < -0.3 is 23.7 Å². The minimum atomic E-state index is -0.181. The largest absolute Gasteiger partial charge is 0.493 e. The van der Waals surface area contributed by atoms with E-state index in [9.17, 15) is 4.79 Å². The number of rotatable bonds is 8. The van der Waals surface area contributed by atoms with Crippen molar-refractivity contribution in [3.05, 3.63) is 59.2 Å². The number of ether oxygens (including phenoxy) is 5. The van der Waals surface area contributed by atoms with Gasteiger partial charge in [-0.3, -0.25) is 9.69 Å². The molecule has 36 heavy (non-hydrogen) atoms. The van der Waals surface area contributed by atoms with E-state index in [1.807, 2.05) is 24.3 Å². The molecule has 0 amide bonds. The SMILES string of the molecule is COC(=O)CN1CCC23c4c5ccc(OC)c4OC2C(OC)C(COCc2ccccc2)CC3C1C5. The van der Waals surface area contributed by atoms with Crippen LogP contribution in [0.5, 0.6) is 11.5 Å². The van der Waals surface area contributed by atoms with E-state index in [2.05, 4.69) is 23.1 Å². The Bertz CT molecular complexity index is 1120. The summed E-state index contributed by atoms with van der Waals surface area (Å²) in [6, 6.07) is 14.7. The normalized spacial score (nSPS) is 31.9. The molecule has 7 heteroatoms. The van der Waals surface area contributed by atoms with E-state index in [1.54, 1.807) is 14.2 Å². The van der Waals surface area contributed by atoms with Crippen LogP contribution in [-0.4, -0.2) is 70.1 Å². The first-order valence-corrected chi connectivity index (χ1v) is 12.9. The molecule has 6 unspecified atom stereocenters. The van der Waals surface area contributed by atoms with Gasteiger partial charge in [0.15, 0.2) is 11.5 Å². The molecule has 2 aromatic carbocycles. The quantitative estimate of drug-likeness (QED) is 0.523. The Morgan fingerprint density at radius 1 is 1.14 bits per heavy atom. The minimum absolute atomic E-state index is 0.0899. The van der Waals surface area contributed by atoms with Crippen molar-refractivity contribution >= 4 is 5.97 Å². The molecule has 2 bridgehead atoms. The molecule has 1 saturated carbocycles. The van der Waals surface area contributed by atoms with Crippen LogP contribution in [0.25, 0.3) is 0 Å². The van der Waals surface area contributed by atoms with E-state index in [0.29, 0.717) is 25.7 Å². The molecule has 7 nitrogen and oxygen atoms in total. The van der Waals surface area contributed by atoms with Crippen molar-refractivity contribution in [3.63, 3.8) is 0 Å². The van der Waals surface area contributed by atoms with Crippen molar-refractivity contribution in [1.29, 1.82) is 0 Å². The third-order valence-electron chi connectivity index (χ3n) is 9.08. The predicted molar refractivity (Wildman–Crippen MR) is 133 cm³/mol. The molecule has 2 aromatic rings. The molecule has 0 N–H and O–H groups in total. The van der Waals surface area contributed by atoms with Crippen LogP contribution in [0.4, 0.5) is 0 Å². The highest BCUT2D eigenvalue weighted by molar-refractivity contribution is 5.71. The average molecular weight is 494 g/mol. The lowest BCUT2D eigenvalue weighted by atomic mass is 9.49. The van der Waals surface area contributed by atoms with Crippen molar-refractivity contribution in [1.82, 2.24) is 4.90 Å². The monoisotopic (exact) mass is 493 g/mol. The Morgan fingerprint density at radius 3 is 2.72 bits per heavy atom. The molecule has 192 valence electrons. The van der Waals surface area contributed by atoms with Crippen LogP contribution < -0.4 is 9.47 Å². The first kappa shape index (κ1) is 23.8. The number of benzene rings is 2. The number of carbonyl (C=O) groups is 1. The number of nitrogens with zero attached hydrogens (tertiary/aromatic N) is 1. The van der Waals surface area contributed by atoms with Gasteiger partial charge in [0.2, 0.25) is 0 Å². The molecular weight excluding hydrogens is 458 g/mol. The fourth-order valence-electron chi connectivity index (χ4n) is 7.62. The molecule has 1 saturated heterocycles. The Hall–Kier alpha value is -2.61. The molecule has 4 aliphatic rings. The second kappa shape index (κ2) is 9.36. The van der Waals surface area contributed by atoms with Crippen LogP contribution >= 0.6 is 0 Å². The van der Waals surface area contributed by atoms with E-state index in [4.69, 9.17) is 23.7 Å². The Kier molecular flexibility index (Phi) is 6.18. The number of esters is 1. The fourth-order valence-corrected chi connectivity index (χ4v) is 7.62. The third-order valence-corrected chi connectivity index (χ3v) is 9.08.